The lowest BCUT2D eigenvalue weighted by molar-refractivity contribution is -0.145. The highest BCUT2D eigenvalue weighted by molar-refractivity contribution is 5.81. The van der Waals surface area contributed by atoms with Crippen molar-refractivity contribution in [2.24, 2.45) is 0 Å². The third kappa shape index (κ3) is 5.69. The van der Waals surface area contributed by atoms with Crippen LogP contribution < -0.4 is 5.32 Å². The van der Waals surface area contributed by atoms with E-state index in [-0.39, 0.29) is 19.6 Å². The van der Waals surface area contributed by atoms with Gasteiger partial charge in [0.15, 0.2) is 0 Å². The Labute approximate surface area is 117 Å². The van der Waals surface area contributed by atoms with E-state index in [9.17, 15) is 14.0 Å². The van der Waals surface area contributed by atoms with E-state index in [2.05, 4.69) is 5.32 Å². The van der Waals surface area contributed by atoms with Gasteiger partial charge in [0.1, 0.15) is 12.6 Å². The number of amides is 1. The van der Waals surface area contributed by atoms with Crippen molar-refractivity contribution < 1.29 is 23.5 Å². The van der Waals surface area contributed by atoms with E-state index >= 15 is 0 Å². The Hall–Kier alpha value is -2.11. The molecule has 0 radical (unpaired) electrons. The summed E-state index contributed by atoms with van der Waals surface area (Å²) in [6, 6.07) is 8.07. The summed E-state index contributed by atoms with van der Waals surface area (Å²) in [6.07, 6.45) is -0.917. The average molecular weight is 283 g/mol. The Kier molecular flexibility index (Phi) is 7.10. The monoisotopic (exact) mass is 283 g/mol. The molecule has 1 rings (SSSR count). The van der Waals surface area contributed by atoms with Gasteiger partial charge in [-0.2, -0.15) is 0 Å². The molecule has 1 unspecified atom stereocenters. The summed E-state index contributed by atoms with van der Waals surface area (Å²) >= 11 is 0. The molecule has 0 saturated carbocycles. The first-order valence-corrected chi connectivity index (χ1v) is 6.37. The fourth-order valence-electron chi connectivity index (χ4n) is 1.51. The first-order valence-electron chi connectivity index (χ1n) is 6.37. The van der Waals surface area contributed by atoms with E-state index in [4.69, 9.17) is 9.47 Å². The lowest BCUT2D eigenvalue weighted by Gasteiger charge is -2.15. The van der Waals surface area contributed by atoms with Crippen LogP contribution in [0.5, 0.6) is 0 Å². The summed E-state index contributed by atoms with van der Waals surface area (Å²) in [4.78, 5) is 23.0. The lowest BCUT2D eigenvalue weighted by atomic mass is 10.2. The van der Waals surface area contributed by atoms with Gasteiger partial charge in [-0.25, -0.2) is 9.59 Å². The van der Waals surface area contributed by atoms with Gasteiger partial charge in [0, 0.05) is 6.42 Å². The zero-order valence-corrected chi connectivity index (χ0v) is 11.3. The average Bonchev–Trinajstić information content (AvgIpc) is 2.46. The van der Waals surface area contributed by atoms with Crippen LogP contribution in [0.2, 0.25) is 0 Å². The molecular weight excluding hydrogens is 265 g/mol. The van der Waals surface area contributed by atoms with Crippen molar-refractivity contribution in [3.8, 4) is 0 Å². The number of carbonyl (C=O) groups excluding carboxylic acids is 2. The van der Waals surface area contributed by atoms with Crippen molar-refractivity contribution in [3.63, 3.8) is 0 Å². The summed E-state index contributed by atoms with van der Waals surface area (Å²) in [6.45, 7) is 1.15. The molecule has 1 N–H and O–H groups in total. The molecule has 1 atom stereocenters. The van der Waals surface area contributed by atoms with E-state index in [0.29, 0.717) is 0 Å². The molecule has 0 aliphatic heterocycles. The number of alkyl carbamates (subject to hydrolysis) is 1. The van der Waals surface area contributed by atoms with Crippen LogP contribution in [0.25, 0.3) is 0 Å². The zero-order valence-electron chi connectivity index (χ0n) is 11.3. The Bertz CT molecular complexity index is 424. The Balaban J connectivity index is 2.43. The zero-order chi connectivity index (χ0) is 14.8. The van der Waals surface area contributed by atoms with Crippen LogP contribution in [-0.4, -0.2) is 31.4 Å². The van der Waals surface area contributed by atoms with E-state index in [1.807, 2.05) is 18.2 Å². The molecule has 0 aliphatic rings. The van der Waals surface area contributed by atoms with Crippen LogP contribution in [0.1, 0.15) is 18.9 Å². The van der Waals surface area contributed by atoms with Gasteiger partial charge in [0.25, 0.3) is 0 Å². The molecule has 0 saturated heterocycles. The number of alkyl halides is 1. The van der Waals surface area contributed by atoms with Gasteiger partial charge in [-0.05, 0) is 12.5 Å². The van der Waals surface area contributed by atoms with Gasteiger partial charge in [0.05, 0.1) is 13.3 Å². The van der Waals surface area contributed by atoms with Crippen LogP contribution >= 0.6 is 0 Å². The van der Waals surface area contributed by atoms with Crippen LogP contribution in [-0.2, 0) is 20.9 Å². The van der Waals surface area contributed by atoms with Crippen LogP contribution in [0.4, 0.5) is 9.18 Å². The molecule has 1 aromatic rings. The standard InChI is InChI=1S/C14H18FNO4/c1-2-19-13(17)12(8-9-15)16-14(18)20-10-11-6-4-3-5-7-11/h3-7,12H,2,8-10H2,1H3,(H,16,18). The third-order valence-electron chi connectivity index (χ3n) is 2.47. The molecule has 5 nitrogen and oxygen atoms in total. The van der Waals surface area contributed by atoms with Crippen molar-refractivity contribution in [3.05, 3.63) is 35.9 Å². The van der Waals surface area contributed by atoms with Crippen molar-refractivity contribution in [2.75, 3.05) is 13.3 Å². The van der Waals surface area contributed by atoms with Crippen molar-refractivity contribution in [1.29, 1.82) is 0 Å². The maximum Gasteiger partial charge on any atom is 0.408 e. The number of halogens is 1. The van der Waals surface area contributed by atoms with Crippen LogP contribution in [0.3, 0.4) is 0 Å². The first-order chi connectivity index (χ1) is 9.67. The summed E-state index contributed by atoms with van der Waals surface area (Å²) in [5.41, 5.74) is 0.820. The minimum Gasteiger partial charge on any atom is -0.464 e. The minimum absolute atomic E-state index is 0.0812. The van der Waals surface area contributed by atoms with Crippen molar-refractivity contribution >= 4 is 12.1 Å². The van der Waals surface area contributed by atoms with E-state index in [1.165, 1.54) is 0 Å². The van der Waals surface area contributed by atoms with Gasteiger partial charge < -0.3 is 14.8 Å². The SMILES string of the molecule is CCOC(=O)C(CCF)NC(=O)OCc1ccccc1. The van der Waals surface area contributed by atoms with E-state index < -0.39 is 24.8 Å². The number of hydrogen-bond acceptors (Lipinski definition) is 4. The molecule has 1 aromatic carbocycles. The predicted octanol–water partition coefficient (Wildman–Crippen LogP) is 2.20. The predicted molar refractivity (Wildman–Crippen MR) is 70.8 cm³/mol. The van der Waals surface area contributed by atoms with Crippen LogP contribution in [0, 0.1) is 0 Å². The lowest BCUT2D eigenvalue weighted by Crippen LogP contribution is -2.42. The van der Waals surface area contributed by atoms with Crippen LogP contribution in [0.15, 0.2) is 30.3 Å². The Morgan fingerprint density at radius 3 is 2.55 bits per heavy atom. The molecule has 110 valence electrons. The highest BCUT2D eigenvalue weighted by Gasteiger charge is 2.22. The Morgan fingerprint density at radius 1 is 1.25 bits per heavy atom. The molecule has 0 fully saturated rings. The number of carbonyl (C=O) groups is 2. The quantitative estimate of drug-likeness (QED) is 0.779. The van der Waals surface area contributed by atoms with E-state index in [1.54, 1.807) is 19.1 Å². The molecule has 6 heteroatoms. The van der Waals surface area contributed by atoms with Gasteiger partial charge >= 0.3 is 12.1 Å². The number of nitrogens with one attached hydrogen (secondary N) is 1. The fourth-order valence-corrected chi connectivity index (χ4v) is 1.51. The van der Waals surface area contributed by atoms with Crippen molar-refractivity contribution in [1.82, 2.24) is 5.32 Å². The second kappa shape index (κ2) is 8.90. The van der Waals surface area contributed by atoms with E-state index in [0.717, 1.165) is 5.56 Å². The second-order valence-electron chi connectivity index (χ2n) is 3.99. The summed E-state index contributed by atoms with van der Waals surface area (Å²) in [5.74, 6) is -0.665. The number of benzene rings is 1. The molecule has 0 aromatic heterocycles. The second-order valence-corrected chi connectivity index (χ2v) is 3.99. The topological polar surface area (TPSA) is 64.6 Å². The summed E-state index contributed by atoms with van der Waals surface area (Å²) in [7, 11) is 0. The third-order valence-corrected chi connectivity index (χ3v) is 2.47. The minimum atomic E-state index is -1.02. The number of esters is 1. The Morgan fingerprint density at radius 2 is 1.95 bits per heavy atom. The first kappa shape index (κ1) is 15.9. The normalized spacial score (nSPS) is 11.5. The smallest absolute Gasteiger partial charge is 0.408 e. The highest BCUT2D eigenvalue weighted by Crippen LogP contribution is 2.02. The number of ether oxygens (including phenoxy) is 2. The molecule has 0 spiro atoms. The van der Waals surface area contributed by atoms with Gasteiger partial charge in [-0.3, -0.25) is 4.39 Å². The van der Waals surface area contributed by atoms with Gasteiger partial charge in [0.2, 0.25) is 0 Å². The molecular formula is C14H18FNO4. The molecule has 0 aliphatic carbocycles. The van der Waals surface area contributed by atoms with Crippen molar-refractivity contribution in [2.45, 2.75) is 26.0 Å². The maximum absolute atomic E-state index is 12.3. The van der Waals surface area contributed by atoms with Gasteiger partial charge in [-0.1, -0.05) is 30.3 Å². The van der Waals surface area contributed by atoms with Gasteiger partial charge in [-0.15, -0.1) is 0 Å². The number of rotatable bonds is 7. The summed E-state index contributed by atoms with van der Waals surface area (Å²) < 4.78 is 22.0. The molecule has 0 heterocycles. The largest absolute Gasteiger partial charge is 0.464 e. The molecule has 1 amide bonds. The molecule has 0 bridgehead atoms. The highest BCUT2D eigenvalue weighted by atomic mass is 19.1. The summed E-state index contributed by atoms with van der Waals surface area (Å²) in [5, 5.41) is 2.30. The fraction of sp³-hybridized carbons (Fsp3) is 0.429. The maximum atomic E-state index is 12.3. The molecule has 20 heavy (non-hydrogen) atoms. The number of hydrogen-bond donors (Lipinski definition) is 1.